The van der Waals surface area contributed by atoms with Crippen LogP contribution in [0.15, 0.2) is 97.1 Å². The molecule has 6 heteroatoms. The third kappa shape index (κ3) is 10.8. The summed E-state index contributed by atoms with van der Waals surface area (Å²) in [5.41, 5.74) is 3.38. The number of nitrogens with one attached hydrogen (secondary N) is 2. The minimum Gasteiger partial charge on any atom is -0.351 e. The van der Waals surface area contributed by atoms with E-state index in [9.17, 15) is 9.59 Å². The molecule has 0 aliphatic carbocycles. The Morgan fingerprint density at radius 1 is 0.860 bits per heavy atom. The van der Waals surface area contributed by atoms with Gasteiger partial charge in [-0.25, -0.2) is 0 Å². The van der Waals surface area contributed by atoms with Crippen LogP contribution in [0.1, 0.15) is 61.6 Å². The van der Waals surface area contributed by atoms with Crippen LogP contribution in [0, 0.1) is 0 Å². The van der Waals surface area contributed by atoms with E-state index in [0.29, 0.717) is 13.1 Å². The van der Waals surface area contributed by atoms with Crippen molar-refractivity contribution in [2.75, 3.05) is 39.8 Å². The molecule has 2 N–H and O–H groups in total. The lowest BCUT2D eigenvalue weighted by molar-refractivity contribution is -0.132. The van der Waals surface area contributed by atoms with Crippen molar-refractivity contribution in [3.8, 4) is 0 Å². The maximum atomic E-state index is 14.0. The Morgan fingerprint density at radius 2 is 1.44 bits per heavy atom. The Bertz CT molecular complexity index is 1220. The number of rotatable bonds is 15. The second-order valence-electron chi connectivity index (χ2n) is 11.7. The molecule has 6 nitrogen and oxygen atoms in total. The first kappa shape index (κ1) is 32.2. The lowest BCUT2D eigenvalue weighted by Gasteiger charge is -2.31. The topological polar surface area (TPSA) is 64.7 Å². The van der Waals surface area contributed by atoms with Crippen LogP contribution >= 0.6 is 0 Å². The number of carbonyl (C=O) groups excluding carboxylic acids is 2. The van der Waals surface area contributed by atoms with Crippen LogP contribution in [0.2, 0.25) is 0 Å². The number of benzene rings is 3. The third-order valence-corrected chi connectivity index (χ3v) is 8.25. The standard InChI is InChI=1S/C37H48N4O2/c1-30(28-38-36(42)24-23-31-16-7-3-8-17-31)39-35(22-15-27-41-25-13-6-14-26-41)37(43)40(2)29-34(32-18-9-4-10-19-32)33-20-11-5-12-21-33/h3-5,7-12,16-21,23-24,30,34-35,39H,6,13-15,22,25-29H2,1-2H3,(H,38,42)/b24-23+/t30?,35-/m0/s1. The lowest BCUT2D eigenvalue weighted by atomic mass is 9.90. The van der Waals surface area contributed by atoms with E-state index in [1.54, 1.807) is 6.08 Å². The molecule has 1 heterocycles. The molecule has 0 radical (unpaired) electrons. The number of amides is 2. The maximum Gasteiger partial charge on any atom is 0.244 e. The molecule has 1 aliphatic rings. The highest BCUT2D eigenvalue weighted by Gasteiger charge is 2.26. The monoisotopic (exact) mass is 580 g/mol. The fourth-order valence-electron chi connectivity index (χ4n) is 5.83. The van der Waals surface area contributed by atoms with E-state index in [1.807, 2.05) is 67.4 Å². The van der Waals surface area contributed by atoms with Crippen molar-refractivity contribution in [3.05, 3.63) is 114 Å². The van der Waals surface area contributed by atoms with Crippen molar-refractivity contribution >= 4 is 17.9 Å². The summed E-state index contributed by atoms with van der Waals surface area (Å²) < 4.78 is 0. The van der Waals surface area contributed by atoms with E-state index in [4.69, 9.17) is 0 Å². The normalized spacial score (nSPS) is 15.3. The van der Waals surface area contributed by atoms with Crippen molar-refractivity contribution in [1.82, 2.24) is 20.4 Å². The summed E-state index contributed by atoms with van der Waals surface area (Å²) in [4.78, 5) is 30.9. The molecule has 228 valence electrons. The van der Waals surface area contributed by atoms with E-state index < -0.39 is 0 Å². The third-order valence-electron chi connectivity index (χ3n) is 8.25. The Balaban J connectivity index is 1.39. The van der Waals surface area contributed by atoms with Gasteiger partial charge in [-0.05, 0) is 75.0 Å². The van der Waals surface area contributed by atoms with Gasteiger partial charge in [-0.2, -0.15) is 0 Å². The Morgan fingerprint density at radius 3 is 2.05 bits per heavy atom. The van der Waals surface area contributed by atoms with Crippen LogP contribution in [0.3, 0.4) is 0 Å². The number of likely N-dealkylation sites (tertiary alicyclic amines) is 1. The molecule has 0 saturated carbocycles. The van der Waals surface area contributed by atoms with Gasteiger partial charge >= 0.3 is 0 Å². The molecular formula is C37H48N4O2. The van der Waals surface area contributed by atoms with E-state index in [-0.39, 0.29) is 29.8 Å². The van der Waals surface area contributed by atoms with Gasteiger partial charge in [0.2, 0.25) is 11.8 Å². The van der Waals surface area contributed by atoms with E-state index >= 15 is 0 Å². The highest BCUT2D eigenvalue weighted by Crippen LogP contribution is 2.26. The van der Waals surface area contributed by atoms with Gasteiger partial charge in [0.05, 0.1) is 6.04 Å². The largest absolute Gasteiger partial charge is 0.351 e. The molecule has 2 atom stereocenters. The van der Waals surface area contributed by atoms with Gasteiger partial charge in [0.25, 0.3) is 0 Å². The quantitative estimate of drug-likeness (QED) is 0.226. The second kappa shape index (κ2) is 17.4. The predicted molar refractivity (Wildman–Crippen MR) is 177 cm³/mol. The molecule has 0 bridgehead atoms. The Labute approximate surface area is 258 Å². The molecule has 1 unspecified atom stereocenters. The summed E-state index contributed by atoms with van der Waals surface area (Å²) in [6, 6.07) is 30.2. The van der Waals surface area contributed by atoms with Gasteiger partial charge in [-0.1, -0.05) is 97.4 Å². The van der Waals surface area contributed by atoms with Crippen LogP contribution in [-0.2, 0) is 9.59 Å². The maximum absolute atomic E-state index is 14.0. The number of likely N-dealkylation sites (N-methyl/N-ethyl adjacent to an activating group) is 1. The van der Waals surface area contributed by atoms with Gasteiger partial charge < -0.3 is 20.4 Å². The number of hydrogen-bond donors (Lipinski definition) is 2. The predicted octanol–water partition coefficient (Wildman–Crippen LogP) is 5.72. The zero-order valence-electron chi connectivity index (χ0n) is 25.8. The van der Waals surface area contributed by atoms with E-state index in [0.717, 1.165) is 38.0 Å². The Kier molecular flexibility index (Phi) is 13.0. The summed E-state index contributed by atoms with van der Waals surface area (Å²) in [6.07, 6.45) is 8.93. The first-order chi connectivity index (χ1) is 21.0. The summed E-state index contributed by atoms with van der Waals surface area (Å²) in [5, 5.41) is 6.56. The first-order valence-corrected chi connectivity index (χ1v) is 15.8. The van der Waals surface area contributed by atoms with Gasteiger partial charge in [0.15, 0.2) is 0 Å². The molecule has 0 aromatic heterocycles. The SMILES string of the molecule is CC(CNC(=O)/C=C/c1ccccc1)N[C@@H](CCCN1CCCCC1)C(=O)N(C)CC(c1ccccc1)c1ccccc1. The molecule has 3 aromatic carbocycles. The first-order valence-electron chi connectivity index (χ1n) is 15.8. The average molecular weight is 581 g/mol. The van der Waals surface area contributed by atoms with Crippen LogP contribution in [0.5, 0.6) is 0 Å². The van der Waals surface area contributed by atoms with Crippen LogP contribution in [-0.4, -0.2) is 73.5 Å². The molecule has 4 rings (SSSR count). The lowest BCUT2D eigenvalue weighted by Crippen LogP contribution is -2.51. The minimum atomic E-state index is -0.325. The summed E-state index contributed by atoms with van der Waals surface area (Å²) in [7, 11) is 1.92. The molecular weight excluding hydrogens is 532 g/mol. The van der Waals surface area contributed by atoms with E-state index in [2.05, 4.69) is 64.1 Å². The number of nitrogens with zero attached hydrogens (tertiary/aromatic N) is 2. The van der Waals surface area contributed by atoms with Crippen LogP contribution in [0.4, 0.5) is 0 Å². The molecule has 43 heavy (non-hydrogen) atoms. The Hall–Kier alpha value is -3.74. The number of piperidine rings is 1. The molecule has 2 amide bonds. The number of carbonyl (C=O) groups is 2. The second-order valence-corrected chi connectivity index (χ2v) is 11.7. The van der Waals surface area contributed by atoms with E-state index in [1.165, 1.54) is 30.4 Å². The van der Waals surface area contributed by atoms with Gasteiger partial charge in [0.1, 0.15) is 0 Å². The zero-order valence-corrected chi connectivity index (χ0v) is 25.8. The van der Waals surface area contributed by atoms with Gasteiger partial charge in [0, 0.05) is 38.2 Å². The van der Waals surface area contributed by atoms with Crippen molar-refractivity contribution < 1.29 is 9.59 Å². The molecule has 1 fully saturated rings. The average Bonchev–Trinajstić information content (AvgIpc) is 3.06. The highest BCUT2D eigenvalue weighted by atomic mass is 16.2. The minimum absolute atomic E-state index is 0.0644. The van der Waals surface area contributed by atoms with Crippen molar-refractivity contribution in [3.63, 3.8) is 0 Å². The summed E-state index contributed by atoms with van der Waals surface area (Å²) >= 11 is 0. The van der Waals surface area contributed by atoms with Crippen molar-refractivity contribution in [2.24, 2.45) is 0 Å². The summed E-state index contributed by atoms with van der Waals surface area (Å²) in [6.45, 7) is 6.38. The van der Waals surface area contributed by atoms with Gasteiger partial charge in [-0.3, -0.25) is 9.59 Å². The van der Waals surface area contributed by atoms with Crippen molar-refractivity contribution in [1.29, 1.82) is 0 Å². The van der Waals surface area contributed by atoms with Crippen LogP contribution in [0.25, 0.3) is 6.08 Å². The molecule has 1 saturated heterocycles. The van der Waals surface area contributed by atoms with Crippen molar-refractivity contribution in [2.45, 2.75) is 57.0 Å². The molecule has 3 aromatic rings. The fraction of sp³-hybridized carbons (Fsp3) is 0.405. The van der Waals surface area contributed by atoms with Crippen LogP contribution < -0.4 is 10.6 Å². The molecule has 0 spiro atoms. The summed E-state index contributed by atoms with van der Waals surface area (Å²) in [5.74, 6) is 0.0345. The number of hydrogen-bond acceptors (Lipinski definition) is 4. The van der Waals surface area contributed by atoms with Gasteiger partial charge in [-0.15, -0.1) is 0 Å². The fourth-order valence-corrected chi connectivity index (χ4v) is 5.83. The smallest absolute Gasteiger partial charge is 0.244 e. The highest BCUT2D eigenvalue weighted by molar-refractivity contribution is 5.91. The molecule has 1 aliphatic heterocycles. The zero-order chi connectivity index (χ0) is 30.3.